The maximum Gasteiger partial charge on any atom is 0.416 e. The zero-order valence-corrected chi connectivity index (χ0v) is 19.7. The number of halogens is 4. The third-order valence-electron chi connectivity index (χ3n) is 6.63. The van der Waals surface area contributed by atoms with Crippen LogP contribution in [0.4, 0.5) is 17.6 Å². The highest BCUT2D eigenvalue weighted by Crippen LogP contribution is 2.36. The molecule has 4 rings (SSSR count). The van der Waals surface area contributed by atoms with Crippen LogP contribution in [-0.2, 0) is 15.7 Å². The number of morpholine rings is 1. The summed E-state index contributed by atoms with van der Waals surface area (Å²) < 4.78 is 64.1. The molecule has 2 aliphatic heterocycles. The molecule has 0 radical (unpaired) electrons. The van der Waals surface area contributed by atoms with Gasteiger partial charge < -0.3 is 19.3 Å². The van der Waals surface area contributed by atoms with Crippen LogP contribution < -0.4 is 4.74 Å². The van der Waals surface area contributed by atoms with Crippen LogP contribution in [0.3, 0.4) is 0 Å². The number of likely N-dealkylation sites (tertiary alicyclic amines) is 1. The van der Waals surface area contributed by atoms with E-state index in [4.69, 9.17) is 9.47 Å². The Balaban J connectivity index is 1.54. The van der Waals surface area contributed by atoms with E-state index in [-0.39, 0.29) is 31.0 Å². The number of nitrogens with zero attached hydrogens (tertiary/aromatic N) is 2. The summed E-state index contributed by atoms with van der Waals surface area (Å²) in [5, 5.41) is 0. The highest BCUT2D eigenvalue weighted by molar-refractivity contribution is 5.94. The Morgan fingerprint density at radius 3 is 2.42 bits per heavy atom. The highest BCUT2D eigenvalue weighted by atomic mass is 19.4. The van der Waals surface area contributed by atoms with Gasteiger partial charge >= 0.3 is 6.18 Å². The fraction of sp³-hybridized carbons (Fsp3) is 0.462. The van der Waals surface area contributed by atoms with Crippen LogP contribution in [-0.4, -0.2) is 67.6 Å². The molecule has 194 valence electrons. The highest BCUT2D eigenvalue weighted by Gasteiger charge is 2.41. The van der Waals surface area contributed by atoms with Gasteiger partial charge in [0.1, 0.15) is 11.6 Å². The van der Waals surface area contributed by atoms with Gasteiger partial charge in [-0.2, -0.15) is 13.2 Å². The van der Waals surface area contributed by atoms with Crippen molar-refractivity contribution in [2.24, 2.45) is 5.41 Å². The molecule has 36 heavy (non-hydrogen) atoms. The Bertz CT molecular complexity index is 1070. The third kappa shape index (κ3) is 6.34. The first-order chi connectivity index (χ1) is 17.2. The number of hydrogen-bond donors (Lipinski definition) is 0. The van der Waals surface area contributed by atoms with Gasteiger partial charge in [0.25, 0.3) is 5.91 Å². The lowest BCUT2D eigenvalue weighted by Gasteiger charge is -2.43. The molecule has 2 saturated heterocycles. The van der Waals surface area contributed by atoms with E-state index in [1.807, 2.05) is 0 Å². The van der Waals surface area contributed by atoms with Crippen LogP contribution in [0.5, 0.6) is 5.75 Å². The number of benzene rings is 2. The zero-order chi connectivity index (χ0) is 25.8. The van der Waals surface area contributed by atoms with Gasteiger partial charge in [-0.15, -0.1) is 0 Å². The van der Waals surface area contributed by atoms with E-state index in [2.05, 4.69) is 0 Å². The molecule has 2 aliphatic rings. The Hall–Kier alpha value is -3.14. The predicted octanol–water partition coefficient (Wildman–Crippen LogP) is 4.39. The van der Waals surface area contributed by atoms with Crippen molar-refractivity contribution >= 4 is 11.8 Å². The van der Waals surface area contributed by atoms with Gasteiger partial charge in [0.2, 0.25) is 5.91 Å². The van der Waals surface area contributed by atoms with Crippen molar-refractivity contribution in [2.75, 3.05) is 46.0 Å². The van der Waals surface area contributed by atoms with Crippen LogP contribution in [0.15, 0.2) is 48.5 Å². The summed E-state index contributed by atoms with van der Waals surface area (Å²) in [4.78, 5) is 29.6. The zero-order valence-electron chi connectivity index (χ0n) is 19.7. The molecule has 2 amide bonds. The molecule has 0 spiro atoms. The Labute approximate surface area is 206 Å². The van der Waals surface area contributed by atoms with E-state index >= 15 is 0 Å². The standard InChI is InChI=1S/C26H28F4N2O4/c27-21-5-7-22(8-6-21)36-18-25(16-23(33)31-11-13-35-14-12-31)9-2-10-32(17-25)24(34)19-3-1-4-20(15-19)26(28,29)30/h1,3-8,15H,2,9-14,16-18H2/t25-/m0/s1. The quantitative estimate of drug-likeness (QED) is 0.543. The number of rotatable bonds is 6. The molecule has 2 aromatic rings. The number of piperidine rings is 1. The number of alkyl halides is 3. The number of hydrogen-bond acceptors (Lipinski definition) is 4. The molecule has 2 fully saturated rings. The molecule has 10 heteroatoms. The smallest absolute Gasteiger partial charge is 0.416 e. The third-order valence-corrected chi connectivity index (χ3v) is 6.63. The lowest BCUT2D eigenvalue weighted by Crippen LogP contribution is -2.52. The first-order valence-electron chi connectivity index (χ1n) is 11.9. The molecule has 1 atom stereocenters. The average molecular weight is 509 g/mol. The van der Waals surface area contributed by atoms with E-state index in [1.165, 1.54) is 41.3 Å². The summed E-state index contributed by atoms with van der Waals surface area (Å²) in [6, 6.07) is 9.87. The first kappa shape index (κ1) is 25.9. The van der Waals surface area contributed by atoms with Gasteiger partial charge in [0, 0.05) is 43.6 Å². The minimum absolute atomic E-state index is 0.0559. The van der Waals surface area contributed by atoms with Crippen LogP contribution in [0.2, 0.25) is 0 Å². The second kappa shape index (κ2) is 10.9. The molecule has 2 aromatic carbocycles. The van der Waals surface area contributed by atoms with Gasteiger partial charge in [0.15, 0.2) is 0 Å². The summed E-state index contributed by atoms with van der Waals surface area (Å²) in [6.07, 6.45) is -3.29. The molecule has 0 bridgehead atoms. The number of ether oxygens (including phenoxy) is 2. The van der Waals surface area contributed by atoms with E-state index in [0.29, 0.717) is 51.4 Å². The van der Waals surface area contributed by atoms with E-state index in [9.17, 15) is 27.2 Å². The second-order valence-corrected chi connectivity index (χ2v) is 9.32. The fourth-order valence-corrected chi connectivity index (χ4v) is 4.72. The lowest BCUT2D eigenvalue weighted by molar-refractivity contribution is -0.139. The summed E-state index contributed by atoms with van der Waals surface area (Å²) in [5.74, 6) is -0.592. The lowest BCUT2D eigenvalue weighted by atomic mass is 9.77. The van der Waals surface area contributed by atoms with Gasteiger partial charge in [-0.25, -0.2) is 4.39 Å². The summed E-state index contributed by atoms with van der Waals surface area (Å²) in [7, 11) is 0. The Kier molecular flexibility index (Phi) is 7.82. The predicted molar refractivity (Wildman–Crippen MR) is 123 cm³/mol. The summed E-state index contributed by atoms with van der Waals surface area (Å²) in [5.41, 5.74) is -1.70. The van der Waals surface area contributed by atoms with Gasteiger partial charge in [-0.3, -0.25) is 9.59 Å². The monoisotopic (exact) mass is 508 g/mol. The first-order valence-corrected chi connectivity index (χ1v) is 11.9. The summed E-state index contributed by atoms with van der Waals surface area (Å²) >= 11 is 0. The molecule has 6 nitrogen and oxygen atoms in total. The van der Waals surface area contributed by atoms with Crippen LogP contribution in [0.25, 0.3) is 0 Å². The molecule has 0 aromatic heterocycles. The minimum atomic E-state index is -4.56. The van der Waals surface area contributed by atoms with Gasteiger partial charge in [0.05, 0.1) is 25.4 Å². The van der Waals surface area contributed by atoms with Crippen molar-refractivity contribution in [1.29, 1.82) is 0 Å². The molecular weight excluding hydrogens is 480 g/mol. The molecular formula is C26H28F4N2O4. The van der Waals surface area contributed by atoms with Gasteiger partial charge in [-0.05, 0) is 55.3 Å². The topological polar surface area (TPSA) is 59.1 Å². The SMILES string of the molecule is O=C(C[C@@]1(COc2ccc(F)cc2)CCCN(C(=O)c2cccc(C(F)(F)F)c2)C1)N1CCOCC1. The Morgan fingerprint density at radius 2 is 1.72 bits per heavy atom. The van der Waals surface area contributed by atoms with Crippen LogP contribution >= 0.6 is 0 Å². The van der Waals surface area contributed by atoms with Gasteiger partial charge in [-0.1, -0.05) is 6.07 Å². The summed E-state index contributed by atoms with van der Waals surface area (Å²) in [6.45, 7) is 2.46. The van der Waals surface area contributed by atoms with Crippen LogP contribution in [0, 0.1) is 11.2 Å². The number of amides is 2. The Morgan fingerprint density at radius 1 is 1.00 bits per heavy atom. The number of carbonyl (C=O) groups is 2. The van der Waals surface area contributed by atoms with Crippen LogP contribution in [0.1, 0.15) is 35.2 Å². The van der Waals surface area contributed by atoms with E-state index < -0.39 is 28.9 Å². The minimum Gasteiger partial charge on any atom is -0.493 e. The van der Waals surface area contributed by atoms with E-state index in [0.717, 1.165) is 12.1 Å². The maximum absolute atomic E-state index is 13.3. The van der Waals surface area contributed by atoms with Crippen molar-refractivity contribution in [2.45, 2.75) is 25.4 Å². The van der Waals surface area contributed by atoms with Crippen molar-refractivity contribution in [1.82, 2.24) is 9.80 Å². The maximum atomic E-state index is 13.3. The molecule has 0 saturated carbocycles. The van der Waals surface area contributed by atoms with Crippen molar-refractivity contribution in [3.05, 3.63) is 65.5 Å². The normalized spacial score (nSPS) is 20.8. The van der Waals surface area contributed by atoms with E-state index in [1.54, 1.807) is 4.90 Å². The average Bonchev–Trinajstić information content (AvgIpc) is 2.88. The van der Waals surface area contributed by atoms with Crippen molar-refractivity contribution < 1.29 is 36.6 Å². The van der Waals surface area contributed by atoms with Crippen molar-refractivity contribution in [3.63, 3.8) is 0 Å². The molecule has 0 unspecified atom stereocenters. The largest absolute Gasteiger partial charge is 0.493 e. The fourth-order valence-electron chi connectivity index (χ4n) is 4.72. The second-order valence-electron chi connectivity index (χ2n) is 9.32. The molecule has 2 heterocycles. The number of carbonyl (C=O) groups excluding carboxylic acids is 2. The van der Waals surface area contributed by atoms with Crippen molar-refractivity contribution in [3.8, 4) is 5.75 Å². The molecule has 0 aliphatic carbocycles. The molecule has 0 N–H and O–H groups in total.